The lowest BCUT2D eigenvalue weighted by Crippen LogP contribution is -2.43. The van der Waals surface area contributed by atoms with Gasteiger partial charge in [-0.25, -0.2) is 9.69 Å². The maximum absolute atomic E-state index is 13.3. The molecule has 0 bridgehead atoms. The van der Waals surface area contributed by atoms with Gasteiger partial charge in [0.25, 0.3) is 17.7 Å². The van der Waals surface area contributed by atoms with E-state index >= 15 is 0 Å². The third-order valence-electron chi connectivity index (χ3n) is 5.69. The SMILES string of the molecule is COc1ccc(-c2c(C)sc(N3C(=O)c4ccc(C(=O)N[C@@H](CO)C(=O)O)cc4C3=O)c2C#N)cc1. The third kappa shape index (κ3) is 4.08. The predicted octanol–water partition coefficient (Wildman–Crippen LogP) is 2.58. The van der Waals surface area contributed by atoms with Gasteiger partial charge in [-0.05, 0) is 42.8 Å². The van der Waals surface area contributed by atoms with Crippen LogP contribution in [0.15, 0.2) is 42.5 Å². The molecule has 11 heteroatoms. The molecule has 0 spiro atoms. The lowest BCUT2D eigenvalue weighted by atomic mass is 10.0. The summed E-state index contributed by atoms with van der Waals surface area (Å²) in [7, 11) is 1.54. The molecule has 1 atom stereocenters. The molecule has 182 valence electrons. The highest BCUT2D eigenvalue weighted by Gasteiger charge is 2.40. The molecule has 4 rings (SSSR count). The monoisotopic (exact) mass is 505 g/mol. The molecule has 0 aliphatic carbocycles. The fraction of sp³-hybridized carbons (Fsp3) is 0.160. The first kappa shape index (κ1) is 24.6. The molecule has 36 heavy (non-hydrogen) atoms. The highest BCUT2D eigenvalue weighted by molar-refractivity contribution is 7.17. The van der Waals surface area contributed by atoms with Gasteiger partial charge in [-0.1, -0.05) is 12.1 Å². The number of carboxylic acid groups (broad SMARTS) is 1. The number of aliphatic hydroxyl groups excluding tert-OH is 1. The largest absolute Gasteiger partial charge is 0.497 e. The fourth-order valence-electron chi connectivity index (χ4n) is 3.89. The number of methoxy groups -OCH3 is 1. The number of carboxylic acids is 1. The Morgan fingerprint density at radius 3 is 2.39 bits per heavy atom. The highest BCUT2D eigenvalue weighted by Crippen LogP contribution is 2.44. The summed E-state index contributed by atoms with van der Waals surface area (Å²) in [5, 5.41) is 30.4. The Morgan fingerprint density at radius 2 is 1.81 bits per heavy atom. The summed E-state index contributed by atoms with van der Waals surface area (Å²) in [6.07, 6.45) is 0. The number of imide groups is 1. The smallest absolute Gasteiger partial charge is 0.328 e. The molecule has 1 aromatic heterocycles. The number of ether oxygens (including phenoxy) is 1. The third-order valence-corrected chi connectivity index (χ3v) is 6.78. The summed E-state index contributed by atoms with van der Waals surface area (Å²) in [5.74, 6) is -2.96. The molecular formula is C25H19N3O7S. The number of aryl methyl sites for hydroxylation is 1. The number of hydrogen-bond acceptors (Lipinski definition) is 8. The summed E-state index contributed by atoms with van der Waals surface area (Å²) in [6.45, 7) is 0.970. The second-order valence-corrected chi connectivity index (χ2v) is 9.01. The van der Waals surface area contributed by atoms with Crippen molar-refractivity contribution in [2.75, 3.05) is 18.6 Å². The summed E-state index contributed by atoms with van der Waals surface area (Å²) in [6, 6.07) is 11.4. The van der Waals surface area contributed by atoms with Crippen molar-refractivity contribution < 1.29 is 34.1 Å². The molecule has 0 saturated carbocycles. The molecule has 10 nitrogen and oxygen atoms in total. The van der Waals surface area contributed by atoms with Crippen LogP contribution in [0.2, 0.25) is 0 Å². The van der Waals surface area contributed by atoms with Crippen LogP contribution in [-0.4, -0.2) is 53.7 Å². The Hall–Kier alpha value is -4.53. The standard InChI is InChI=1S/C25H19N3O7S/c1-12-20(13-3-6-15(35-2)7-4-13)18(10-26)24(36-12)28-22(31)16-8-5-14(9-17(16)23(28)32)21(30)27-19(11-29)25(33)34/h3-9,19,29H,11H2,1-2H3,(H,27,30)(H,33,34)/t19-/m0/s1. The van der Waals surface area contributed by atoms with E-state index in [-0.39, 0.29) is 27.3 Å². The molecule has 1 aliphatic rings. The molecule has 3 N–H and O–H groups in total. The number of nitriles is 1. The van der Waals surface area contributed by atoms with Crippen molar-refractivity contribution in [3.8, 4) is 22.9 Å². The molecule has 0 radical (unpaired) electrons. The van der Waals surface area contributed by atoms with Gasteiger partial charge < -0.3 is 20.3 Å². The first-order valence-corrected chi connectivity index (χ1v) is 11.4. The highest BCUT2D eigenvalue weighted by atomic mass is 32.1. The van der Waals surface area contributed by atoms with Gasteiger partial charge in [-0.2, -0.15) is 5.26 Å². The summed E-state index contributed by atoms with van der Waals surface area (Å²) < 4.78 is 5.18. The van der Waals surface area contributed by atoms with Crippen molar-refractivity contribution in [2.45, 2.75) is 13.0 Å². The van der Waals surface area contributed by atoms with Gasteiger partial charge >= 0.3 is 5.97 Å². The van der Waals surface area contributed by atoms with Crippen molar-refractivity contribution in [3.05, 3.63) is 69.6 Å². The second kappa shape index (κ2) is 9.61. The minimum absolute atomic E-state index is 0.0504. The lowest BCUT2D eigenvalue weighted by Gasteiger charge is -2.12. The molecule has 0 unspecified atom stereocenters. The van der Waals surface area contributed by atoms with Crippen LogP contribution in [0.5, 0.6) is 5.75 Å². The Balaban J connectivity index is 1.71. The Bertz CT molecular complexity index is 1450. The van der Waals surface area contributed by atoms with E-state index in [2.05, 4.69) is 11.4 Å². The molecule has 0 saturated heterocycles. The van der Waals surface area contributed by atoms with Crippen molar-refractivity contribution in [1.82, 2.24) is 5.32 Å². The zero-order valence-corrected chi connectivity index (χ0v) is 19.9. The van der Waals surface area contributed by atoms with E-state index in [1.807, 2.05) is 0 Å². The molecule has 2 aromatic carbocycles. The van der Waals surface area contributed by atoms with Crippen LogP contribution in [0, 0.1) is 18.3 Å². The Labute approximate surface area is 209 Å². The molecule has 1 aliphatic heterocycles. The summed E-state index contributed by atoms with van der Waals surface area (Å²) >= 11 is 1.13. The Morgan fingerprint density at radius 1 is 1.14 bits per heavy atom. The lowest BCUT2D eigenvalue weighted by molar-refractivity contribution is -0.140. The summed E-state index contributed by atoms with van der Waals surface area (Å²) in [4.78, 5) is 51.7. The van der Waals surface area contributed by atoms with Crippen LogP contribution >= 0.6 is 11.3 Å². The molecule has 3 aromatic rings. The first-order chi connectivity index (χ1) is 17.2. The average molecular weight is 506 g/mol. The van der Waals surface area contributed by atoms with Crippen LogP contribution in [0.25, 0.3) is 11.1 Å². The minimum atomic E-state index is -1.52. The number of benzene rings is 2. The molecular weight excluding hydrogens is 486 g/mol. The van der Waals surface area contributed by atoms with Crippen LogP contribution < -0.4 is 15.0 Å². The number of amides is 3. The van der Waals surface area contributed by atoms with Crippen LogP contribution in [0.3, 0.4) is 0 Å². The molecule has 3 amide bonds. The number of aliphatic hydroxyl groups is 1. The number of aliphatic carboxylic acids is 1. The second-order valence-electron chi connectivity index (χ2n) is 7.81. The number of carbonyl (C=O) groups is 4. The van der Waals surface area contributed by atoms with E-state index < -0.39 is 36.3 Å². The number of nitrogens with zero attached hydrogens (tertiary/aromatic N) is 2. The van der Waals surface area contributed by atoms with Gasteiger partial charge in [0.05, 0.1) is 30.4 Å². The maximum Gasteiger partial charge on any atom is 0.328 e. The molecule has 0 fully saturated rings. The zero-order valence-electron chi connectivity index (χ0n) is 19.1. The van der Waals surface area contributed by atoms with Crippen LogP contribution in [-0.2, 0) is 4.79 Å². The predicted molar refractivity (Wildman–Crippen MR) is 129 cm³/mol. The maximum atomic E-state index is 13.3. The van der Waals surface area contributed by atoms with Crippen molar-refractivity contribution in [2.24, 2.45) is 0 Å². The average Bonchev–Trinajstić information content (AvgIpc) is 3.33. The topological polar surface area (TPSA) is 157 Å². The zero-order chi connectivity index (χ0) is 26.1. The van der Waals surface area contributed by atoms with Crippen molar-refractivity contribution in [1.29, 1.82) is 5.26 Å². The van der Waals surface area contributed by atoms with Gasteiger partial charge in [0, 0.05) is 16.0 Å². The van der Waals surface area contributed by atoms with Crippen molar-refractivity contribution in [3.63, 3.8) is 0 Å². The van der Waals surface area contributed by atoms with Gasteiger partial charge in [0.1, 0.15) is 16.8 Å². The van der Waals surface area contributed by atoms with Gasteiger partial charge in [0.15, 0.2) is 6.04 Å². The van der Waals surface area contributed by atoms with E-state index in [9.17, 15) is 24.4 Å². The number of rotatable bonds is 7. The normalized spacial score (nSPS) is 13.2. The Kier molecular flexibility index (Phi) is 6.57. The van der Waals surface area contributed by atoms with Crippen LogP contribution in [0.1, 0.15) is 41.5 Å². The first-order valence-electron chi connectivity index (χ1n) is 10.6. The number of anilines is 1. The van der Waals surface area contributed by atoms with Gasteiger partial charge in [-0.15, -0.1) is 11.3 Å². The van der Waals surface area contributed by atoms with E-state index in [1.54, 1.807) is 31.2 Å². The number of fused-ring (bicyclic) bond motifs is 1. The van der Waals surface area contributed by atoms with Crippen molar-refractivity contribution >= 4 is 40.0 Å². The number of nitrogens with one attached hydrogen (secondary N) is 1. The fourth-order valence-corrected chi connectivity index (χ4v) is 5.01. The minimum Gasteiger partial charge on any atom is -0.497 e. The summed E-state index contributed by atoms with van der Waals surface area (Å²) in [5.41, 5.74) is 1.43. The molecule has 2 heterocycles. The number of carbonyl (C=O) groups excluding carboxylic acids is 3. The quantitative estimate of drug-likeness (QED) is 0.414. The van der Waals surface area contributed by atoms with E-state index in [0.29, 0.717) is 11.3 Å². The van der Waals surface area contributed by atoms with E-state index in [1.165, 1.54) is 25.3 Å². The van der Waals surface area contributed by atoms with Gasteiger partial charge in [-0.3, -0.25) is 14.4 Å². The van der Waals surface area contributed by atoms with Crippen LogP contribution in [0.4, 0.5) is 5.00 Å². The van der Waals surface area contributed by atoms with E-state index in [0.717, 1.165) is 26.7 Å². The van der Waals surface area contributed by atoms with Gasteiger partial charge in [0.2, 0.25) is 0 Å². The number of thiophene rings is 1. The number of hydrogen-bond donors (Lipinski definition) is 3. The van der Waals surface area contributed by atoms with E-state index in [4.69, 9.17) is 14.9 Å².